The number of nitriles is 2. The lowest BCUT2D eigenvalue weighted by Crippen LogP contribution is -2.13. The van der Waals surface area contributed by atoms with Gasteiger partial charge in [-0.1, -0.05) is 30.3 Å². The van der Waals surface area contributed by atoms with Crippen LogP contribution in [0, 0.1) is 22.7 Å². The van der Waals surface area contributed by atoms with Gasteiger partial charge in [-0.2, -0.15) is 15.6 Å². The monoisotopic (exact) mass is 414 g/mol. The van der Waals surface area contributed by atoms with Gasteiger partial charge in [0.05, 0.1) is 34.3 Å². The molecule has 32 heavy (non-hydrogen) atoms. The second-order valence-electron chi connectivity index (χ2n) is 8.24. The van der Waals surface area contributed by atoms with Crippen molar-refractivity contribution in [1.29, 1.82) is 10.5 Å². The van der Waals surface area contributed by atoms with Gasteiger partial charge in [0.1, 0.15) is 11.8 Å². The zero-order chi connectivity index (χ0) is 22.3. The van der Waals surface area contributed by atoms with Gasteiger partial charge < -0.3 is 0 Å². The summed E-state index contributed by atoms with van der Waals surface area (Å²) in [7, 11) is 0. The molecular weight excluding hydrogens is 396 g/mol. The molecule has 0 radical (unpaired) electrons. The number of nitrogens with zero attached hydrogens (tertiary/aromatic N) is 5. The fraction of sp³-hybridized carbons (Fsp3) is 0.115. The lowest BCUT2D eigenvalue weighted by Gasteiger charge is -2.15. The highest BCUT2D eigenvalue weighted by Gasteiger charge is 2.20. The molecule has 0 atom stereocenters. The first-order valence-corrected chi connectivity index (χ1v) is 10.1. The number of fused-ring (bicyclic) bond motifs is 3. The first kappa shape index (κ1) is 19.4. The van der Waals surface area contributed by atoms with Crippen LogP contribution >= 0.6 is 0 Å². The van der Waals surface area contributed by atoms with Crippen LogP contribution in [0.1, 0.15) is 25.0 Å². The molecule has 0 aliphatic heterocycles. The Balaban J connectivity index is 1.69. The molecule has 0 saturated heterocycles. The minimum Gasteiger partial charge on any atom is -0.276 e. The Morgan fingerprint density at radius 2 is 1.66 bits per heavy atom. The predicted molar refractivity (Wildman–Crippen MR) is 123 cm³/mol. The van der Waals surface area contributed by atoms with E-state index >= 15 is 0 Å². The molecule has 0 bridgehead atoms. The molecule has 0 unspecified atom stereocenters. The zero-order valence-electron chi connectivity index (χ0n) is 17.6. The summed E-state index contributed by atoms with van der Waals surface area (Å²) in [4.78, 5) is 8.75. The van der Waals surface area contributed by atoms with Crippen LogP contribution < -0.4 is 0 Å². The van der Waals surface area contributed by atoms with Gasteiger partial charge in [-0.25, -0.2) is 0 Å². The third-order valence-corrected chi connectivity index (χ3v) is 5.75. The van der Waals surface area contributed by atoms with Crippen molar-refractivity contribution in [2.24, 2.45) is 0 Å². The van der Waals surface area contributed by atoms with Crippen LogP contribution in [-0.2, 0) is 5.41 Å². The summed E-state index contributed by atoms with van der Waals surface area (Å²) >= 11 is 0. The lowest BCUT2D eigenvalue weighted by molar-refractivity contribution is 0.687. The molecule has 5 rings (SSSR count). The van der Waals surface area contributed by atoms with Crippen molar-refractivity contribution in [3.63, 3.8) is 0 Å². The average Bonchev–Trinajstić information content (AvgIpc) is 3.28. The topological polar surface area (TPSA) is 102 Å². The molecular formula is C26H18N6. The molecule has 152 valence electrons. The molecule has 0 amide bonds. The van der Waals surface area contributed by atoms with Crippen molar-refractivity contribution in [3.8, 4) is 34.5 Å². The minimum absolute atomic E-state index is 0.517. The Morgan fingerprint density at radius 1 is 0.875 bits per heavy atom. The van der Waals surface area contributed by atoms with E-state index < -0.39 is 5.41 Å². The molecule has 0 aliphatic rings. The highest BCUT2D eigenvalue weighted by atomic mass is 15.1. The summed E-state index contributed by atoms with van der Waals surface area (Å²) in [6.07, 6.45) is 5.09. The van der Waals surface area contributed by atoms with Crippen LogP contribution in [0.3, 0.4) is 0 Å². The summed E-state index contributed by atoms with van der Waals surface area (Å²) in [6.45, 7) is 3.81. The largest absolute Gasteiger partial charge is 0.276 e. The summed E-state index contributed by atoms with van der Waals surface area (Å²) in [5, 5.41) is 28.2. The molecule has 0 spiro atoms. The van der Waals surface area contributed by atoms with Gasteiger partial charge in [0.15, 0.2) is 0 Å². The van der Waals surface area contributed by atoms with Crippen molar-refractivity contribution in [2.45, 2.75) is 19.3 Å². The maximum Gasteiger partial charge on any atom is 0.101 e. The molecule has 6 nitrogen and oxygen atoms in total. The van der Waals surface area contributed by atoms with Crippen molar-refractivity contribution >= 4 is 21.8 Å². The van der Waals surface area contributed by atoms with Crippen molar-refractivity contribution < 1.29 is 0 Å². The Morgan fingerprint density at radius 3 is 2.41 bits per heavy atom. The quantitative estimate of drug-likeness (QED) is 0.419. The van der Waals surface area contributed by atoms with Crippen LogP contribution in [0.5, 0.6) is 0 Å². The summed E-state index contributed by atoms with van der Waals surface area (Å²) in [5.74, 6) is 0. The number of nitrogens with one attached hydrogen (secondary N) is 1. The van der Waals surface area contributed by atoms with E-state index in [1.165, 1.54) is 0 Å². The molecule has 0 fully saturated rings. The van der Waals surface area contributed by atoms with Gasteiger partial charge >= 0.3 is 0 Å². The van der Waals surface area contributed by atoms with Gasteiger partial charge in [0, 0.05) is 34.3 Å². The summed E-state index contributed by atoms with van der Waals surface area (Å²) < 4.78 is 0. The van der Waals surface area contributed by atoms with Crippen LogP contribution in [0.25, 0.3) is 44.2 Å². The van der Waals surface area contributed by atoms with Gasteiger partial charge in [-0.15, -0.1) is 0 Å². The summed E-state index contributed by atoms with van der Waals surface area (Å²) in [5.41, 5.74) is 6.24. The average molecular weight is 414 g/mol. The number of rotatable bonds is 3. The van der Waals surface area contributed by atoms with E-state index in [0.717, 1.165) is 49.8 Å². The fourth-order valence-electron chi connectivity index (χ4n) is 3.86. The van der Waals surface area contributed by atoms with E-state index in [4.69, 9.17) is 0 Å². The van der Waals surface area contributed by atoms with Crippen molar-refractivity contribution in [3.05, 3.63) is 78.2 Å². The fourth-order valence-corrected chi connectivity index (χ4v) is 3.86. The number of aromatic nitrogens is 4. The van der Waals surface area contributed by atoms with Gasteiger partial charge in [0.25, 0.3) is 0 Å². The first-order chi connectivity index (χ1) is 15.5. The Kier molecular flexibility index (Phi) is 4.43. The van der Waals surface area contributed by atoms with Crippen molar-refractivity contribution in [1.82, 2.24) is 20.2 Å². The number of benzene rings is 2. The van der Waals surface area contributed by atoms with E-state index in [-0.39, 0.29) is 0 Å². The number of H-pyrrole nitrogens is 1. The van der Waals surface area contributed by atoms with Crippen LogP contribution in [0.4, 0.5) is 0 Å². The summed E-state index contributed by atoms with van der Waals surface area (Å²) in [6, 6.07) is 20.3. The normalized spacial score (nSPS) is 11.4. The third kappa shape index (κ3) is 3.15. The maximum absolute atomic E-state index is 9.42. The lowest BCUT2D eigenvalue weighted by atomic mass is 9.86. The molecule has 3 heterocycles. The Hall–Kier alpha value is -4.55. The second kappa shape index (κ2) is 7.30. The zero-order valence-corrected chi connectivity index (χ0v) is 17.6. The number of pyridine rings is 2. The molecule has 1 N–H and O–H groups in total. The van der Waals surface area contributed by atoms with E-state index in [2.05, 4.69) is 38.4 Å². The number of hydrogen-bond acceptors (Lipinski definition) is 5. The van der Waals surface area contributed by atoms with Crippen LogP contribution in [0.15, 0.2) is 67.1 Å². The highest BCUT2D eigenvalue weighted by molar-refractivity contribution is 6.11. The number of aromatic amines is 1. The second-order valence-corrected chi connectivity index (χ2v) is 8.24. The molecule has 2 aromatic carbocycles. The van der Waals surface area contributed by atoms with Crippen molar-refractivity contribution in [2.75, 3.05) is 0 Å². The molecule has 3 aromatic heterocycles. The molecule has 0 aliphatic carbocycles. The Labute approximate surface area is 184 Å². The van der Waals surface area contributed by atoms with E-state index in [9.17, 15) is 10.5 Å². The SMILES string of the molecule is CC(C)(C#N)c1ccc(-c2n[nH]c3cnc4ccc(-c5cncc(C#N)c5)cc4c23)cc1. The molecule has 6 heteroatoms. The van der Waals surface area contributed by atoms with Gasteiger partial charge in [0.2, 0.25) is 0 Å². The van der Waals surface area contributed by atoms with Crippen LogP contribution in [0.2, 0.25) is 0 Å². The molecule has 5 aromatic rings. The minimum atomic E-state index is -0.552. The van der Waals surface area contributed by atoms with Crippen LogP contribution in [-0.4, -0.2) is 20.2 Å². The van der Waals surface area contributed by atoms with Gasteiger partial charge in [-0.3, -0.25) is 15.1 Å². The first-order valence-electron chi connectivity index (χ1n) is 10.1. The predicted octanol–water partition coefficient (Wildman–Crippen LogP) is 5.51. The third-order valence-electron chi connectivity index (χ3n) is 5.75. The smallest absolute Gasteiger partial charge is 0.101 e. The maximum atomic E-state index is 9.42. The van der Waals surface area contributed by atoms with E-state index in [1.54, 1.807) is 18.6 Å². The standard InChI is InChI=1S/C26H18N6/c1-26(2,15-28)20-6-3-17(4-7-20)25-24-21-10-18(19-9-16(11-27)12-29-13-19)5-8-22(21)30-14-23(24)31-32-25/h3-10,12-14H,1-2H3,(H,31,32). The number of hydrogen-bond donors (Lipinski definition) is 1. The van der Waals surface area contributed by atoms with E-state index in [1.807, 2.05) is 56.3 Å². The van der Waals surface area contributed by atoms with Gasteiger partial charge in [-0.05, 0) is 43.2 Å². The highest BCUT2D eigenvalue weighted by Crippen LogP contribution is 2.35. The van der Waals surface area contributed by atoms with E-state index in [0.29, 0.717) is 5.56 Å². The molecule has 0 saturated carbocycles. The Bertz CT molecular complexity index is 1560.